The van der Waals surface area contributed by atoms with Crippen LogP contribution in [-0.2, 0) is 4.79 Å². The number of nitrogens with one attached hydrogen (secondary N) is 2. The average molecular weight is 322 g/mol. The summed E-state index contributed by atoms with van der Waals surface area (Å²) in [6.07, 6.45) is 0. The zero-order valence-electron chi connectivity index (χ0n) is 10.2. The van der Waals surface area contributed by atoms with Gasteiger partial charge in [-0.15, -0.1) is 12.4 Å². The summed E-state index contributed by atoms with van der Waals surface area (Å²) in [5, 5.41) is 5.92. The number of halogens is 2. The highest BCUT2D eigenvalue weighted by atomic mass is 79.9. The number of carbonyl (C=O) groups excluding carboxylic acids is 1. The van der Waals surface area contributed by atoms with Crippen LogP contribution in [0.5, 0.6) is 0 Å². The molecule has 0 spiro atoms. The number of hydrogen-bond acceptors (Lipinski definition) is 2. The lowest BCUT2D eigenvalue weighted by molar-refractivity contribution is -0.119. The van der Waals surface area contributed by atoms with Crippen LogP contribution in [0.2, 0.25) is 0 Å². The molecule has 0 saturated carbocycles. The molecule has 1 aromatic carbocycles. The molecule has 2 N–H and O–H groups in total. The molecule has 1 rings (SSSR count). The van der Waals surface area contributed by atoms with Crippen LogP contribution in [0.4, 0.5) is 5.69 Å². The predicted molar refractivity (Wildman–Crippen MR) is 77.8 cm³/mol. The van der Waals surface area contributed by atoms with E-state index in [1.807, 2.05) is 39.1 Å². The van der Waals surface area contributed by atoms with Crippen LogP contribution in [0, 0.1) is 12.8 Å². The van der Waals surface area contributed by atoms with Gasteiger partial charge in [-0.05, 0) is 31.7 Å². The van der Waals surface area contributed by atoms with Crippen molar-refractivity contribution in [2.75, 3.05) is 18.9 Å². The van der Waals surface area contributed by atoms with Crippen LogP contribution in [-0.4, -0.2) is 19.5 Å². The Morgan fingerprint density at radius 3 is 2.71 bits per heavy atom. The topological polar surface area (TPSA) is 41.1 Å². The van der Waals surface area contributed by atoms with Gasteiger partial charge >= 0.3 is 0 Å². The van der Waals surface area contributed by atoms with Gasteiger partial charge in [0.05, 0.1) is 0 Å². The summed E-state index contributed by atoms with van der Waals surface area (Å²) in [5.41, 5.74) is 1.91. The molecule has 3 nitrogen and oxygen atoms in total. The number of rotatable bonds is 4. The van der Waals surface area contributed by atoms with Crippen molar-refractivity contribution >= 4 is 39.9 Å². The zero-order chi connectivity index (χ0) is 12.1. The van der Waals surface area contributed by atoms with Gasteiger partial charge in [-0.2, -0.15) is 0 Å². The molecule has 17 heavy (non-hydrogen) atoms. The van der Waals surface area contributed by atoms with Gasteiger partial charge in [-0.3, -0.25) is 4.79 Å². The fourth-order valence-corrected chi connectivity index (χ4v) is 1.76. The van der Waals surface area contributed by atoms with E-state index in [0.29, 0.717) is 6.54 Å². The second-order valence-corrected chi connectivity index (χ2v) is 4.71. The molecule has 0 fully saturated rings. The lowest BCUT2D eigenvalue weighted by Gasteiger charge is -2.13. The second kappa shape index (κ2) is 7.69. The average Bonchev–Trinajstić information content (AvgIpc) is 2.25. The minimum atomic E-state index is -0.0385. The molecule has 0 aliphatic heterocycles. The Labute approximate surface area is 117 Å². The number of benzene rings is 1. The Kier molecular flexibility index (Phi) is 7.43. The second-order valence-electron chi connectivity index (χ2n) is 3.86. The number of amides is 1. The van der Waals surface area contributed by atoms with E-state index >= 15 is 0 Å². The van der Waals surface area contributed by atoms with Gasteiger partial charge in [0, 0.05) is 22.6 Å². The summed E-state index contributed by atoms with van der Waals surface area (Å²) in [4.78, 5) is 11.8. The SMILES string of the molecule is CNCC(C)C(=O)Nc1cccc(Br)c1C.Cl. The zero-order valence-corrected chi connectivity index (χ0v) is 12.6. The highest BCUT2D eigenvalue weighted by Crippen LogP contribution is 2.23. The van der Waals surface area contributed by atoms with Crippen molar-refractivity contribution in [3.63, 3.8) is 0 Å². The minimum Gasteiger partial charge on any atom is -0.326 e. The van der Waals surface area contributed by atoms with Crippen LogP contribution in [0.25, 0.3) is 0 Å². The first-order chi connectivity index (χ1) is 7.56. The monoisotopic (exact) mass is 320 g/mol. The van der Waals surface area contributed by atoms with E-state index in [0.717, 1.165) is 15.7 Å². The summed E-state index contributed by atoms with van der Waals surface area (Å²) in [6, 6.07) is 5.78. The van der Waals surface area contributed by atoms with Gasteiger partial charge in [0.1, 0.15) is 0 Å². The Morgan fingerprint density at radius 1 is 1.47 bits per heavy atom. The maximum absolute atomic E-state index is 11.8. The summed E-state index contributed by atoms with van der Waals surface area (Å²) >= 11 is 3.44. The fourth-order valence-electron chi connectivity index (χ4n) is 1.40. The highest BCUT2D eigenvalue weighted by molar-refractivity contribution is 9.10. The lowest BCUT2D eigenvalue weighted by atomic mass is 10.1. The molecule has 0 radical (unpaired) electrons. The molecule has 0 aliphatic carbocycles. The van der Waals surface area contributed by atoms with Crippen LogP contribution >= 0.6 is 28.3 Å². The van der Waals surface area contributed by atoms with Crippen molar-refractivity contribution in [3.05, 3.63) is 28.2 Å². The van der Waals surface area contributed by atoms with Gasteiger partial charge in [-0.25, -0.2) is 0 Å². The summed E-state index contributed by atoms with van der Waals surface area (Å²) in [6.45, 7) is 4.56. The third-order valence-electron chi connectivity index (χ3n) is 2.48. The third-order valence-corrected chi connectivity index (χ3v) is 3.34. The van der Waals surface area contributed by atoms with E-state index in [9.17, 15) is 4.79 Å². The van der Waals surface area contributed by atoms with Crippen molar-refractivity contribution in [3.8, 4) is 0 Å². The van der Waals surface area contributed by atoms with E-state index in [1.54, 1.807) is 0 Å². The van der Waals surface area contributed by atoms with E-state index in [1.165, 1.54) is 0 Å². The van der Waals surface area contributed by atoms with Crippen molar-refractivity contribution in [1.29, 1.82) is 0 Å². The van der Waals surface area contributed by atoms with Gasteiger partial charge in [0.25, 0.3) is 0 Å². The molecule has 96 valence electrons. The molecular formula is C12H18BrClN2O. The van der Waals surface area contributed by atoms with E-state index < -0.39 is 0 Å². The predicted octanol–water partition coefficient (Wildman–Crippen LogP) is 2.97. The molecule has 0 heterocycles. The molecule has 1 aromatic rings. The summed E-state index contributed by atoms with van der Waals surface area (Å²) in [5.74, 6) is -0.000989. The molecule has 0 saturated heterocycles. The van der Waals surface area contributed by atoms with E-state index in [2.05, 4.69) is 26.6 Å². The standard InChI is InChI=1S/C12H17BrN2O.ClH/c1-8(7-14-3)12(16)15-11-6-4-5-10(13)9(11)2;/h4-6,8,14H,7H2,1-3H3,(H,15,16);1H. The first-order valence-corrected chi connectivity index (χ1v) is 6.06. The Bertz CT molecular complexity index is 385. The fraction of sp³-hybridized carbons (Fsp3) is 0.417. The van der Waals surface area contributed by atoms with Gasteiger partial charge in [-0.1, -0.05) is 28.9 Å². The van der Waals surface area contributed by atoms with Crippen molar-refractivity contribution in [1.82, 2.24) is 5.32 Å². The van der Waals surface area contributed by atoms with Gasteiger partial charge in [0.2, 0.25) is 5.91 Å². The molecule has 0 bridgehead atoms. The molecule has 5 heteroatoms. The van der Waals surface area contributed by atoms with Gasteiger partial charge < -0.3 is 10.6 Å². The Morgan fingerprint density at radius 2 is 2.12 bits per heavy atom. The van der Waals surface area contributed by atoms with Crippen LogP contribution in [0.15, 0.2) is 22.7 Å². The van der Waals surface area contributed by atoms with Crippen molar-refractivity contribution < 1.29 is 4.79 Å². The number of hydrogen-bond donors (Lipinski definition) is 2. The van der Waals surface area contributed by atoms with Crippen molar-refractivity contribution in [2.45, 2.75) is 13.8 Å². The minimum absolute atomic E-state index is 0. The molecule has 1 amide bonds. The van der Waals surface area contributed by atoms with Crippen LogP contribution < -0.4 is 10.6 Å². The van der Waals surface area contributed by atoms with Gasteiger partial charge in [0.15, 0.2) is 0 Å². The number of anilines is 1. The maximum Gasteiger partial charge on any atom is 0.228 e. The van der Waals surface area contributed by atoms with Crippen molar-refractivity contribution in [2.24, 2.45) is 5.92 Å². The first-order valence-electron chi connectivity index (χ1n) is 5.26. The Balaban J connectivity index is 0.00000256. The molecule has 0 aliphatic rings. The summed E-state index contributed by atoms with van der Waals surface area (Å²) in [7, 11) is 1.84. The number of carbonyl (C=O) groups is 1. The Hall–Kier alpha value is -0.580. The first kappa shape index (κ1) is 16.4. The highest BCUT2D eigenvalue weighted by Gasteiger charge is 2.13. The smallest absolute Gasteiger partial charge is 0.228 e. The summed E-state index contributed by atoms with van der Waals surface area (Å²) < 4.78 is 1.01. The van der Waals surface area contributed by atoms with Crippen LogP contribution in [0.1, 0.15) is 12.5 Å². The molecular weight excluding hydrogens is 304 g/mol. The van der Waals surface area contributed by atoms with Crippen LogP contribution in [0.3, 0.4) is 0 Å². The lowest BCUT2D eigenvalue weighted by Crippen LogP contribution is -2.28. The maximum atomic E-state index is 11.8. The quantitative estimate of drug-likeness (QED) is 0.895. The molecule has 0 aromatic heterocycles. The largest absolute Gasteiger partial charge is 0.326 e. The third kappa shape index (κ3) is 4.66. The van der Waals surface area contributed by atoms with E-state index in [4.69, 9.17) is 0 Å². The molecule has 1 atom stereocenters. The normalized spacial score (nSPS) is 11.5. The van der Waals surface area contributed by atoms with E-state index in [-0.39, 0.29) is 24.2 Å². The molecule has 1 unspecified atom stereocenters.